The maximum atomic E-state index is 6.03. The Balaban J connectivity index is 1.58. The largest absolute Gasteiger partial charge is 0.374 e. The monoisotopic (exact) mass is 322 g/mol. The number of fused-ring (bicyclic) bond motifs is 3. The first-order valence-electron chi connectivity index (χ1n) is 8.04. The van der Waals surface area contributed by atoms with Crippen LogP contribution < -0.4 is 0 Å². The summed E-state index contributed by atoms with van der Waals surface area (Å²) in [6.07, 6.45) is -1.22. The molecule has 6 nitrogen and oxygen atoms in total. The van der Waals surface area contributed by atoms with Gasteiger partial charge in [0.05, 0.1) is 32.5 Å². The van der Waals surface area contributed by atoms with E-state index in [0.29, 0.717) is 26.4 Å². The molecule has 4 unspecified atom stereocenters. The van der Waals surface area contributed by atoms with Gasteiger partial charge in [-0.3, -0.25) is 4.74 Å². The molecule has 0 aromatic heterocycles. The molecule has 126 valence electrons. The molecule has 0 aliphatic carbocycles. The van der Waals surface area contributed by atoms with Crippen LogP contribution in [0.3, 0.4) is 0 Å². The van der Waals surface area contributed by atoms with Crippen molar-refractivity contribution in [2.24, 2.45) is 0 Å². The highest BCUT2D eigenvalue weighted by atomic mass is 17.0. The number of ether oxygens (including phenoxy) is 6. The van der Waals surface area contributed by atoms with Gasteiger partial charge >= 0.3 is 0 Å². The van der Waals surface area contributed by atoms with Gasteiger partial charge in [0.15, 0.2) is 6.29 Å². The summed E-state index contributed by atoms with van der Waals surface area (Å²) < 4.78 is 35.3. The van der Waals surface area contributed by atoms with Crippen LogP contribution in [-0.4, -0.2) is 43.8 Å². The lowest BCUT2D eigenvalue weighted by atomic mass is 10.1. The first-order chi connectivity index (χ1) is 11.1. The molecule has 0 radical (unpaired) electrons. The number of rotatable bonds is 0. The van der Waals surface area contributed by atoms with E-state index >= 15 is 0 Å². The van der Waals surface area contributed by atoms with Gasteiger partial charge in [-0.1, -0.05) is 24.3 Å². The van der Waals surface area contributed by atoms with Crippen LogP contribution in [-0.2, 0) is 41.6 Å². The molecule has 1 aromatic rings. The van der Waals surface area contributed by atoms with Crippen molar-refractivity contribution in [3.63, 3.8) is 0 Å². The van der Waals surface area contributed by atoms with Crippen LogP contribution >= 0.6 is 0 Å². The van der Waals surface area contributed by atoms with Crippen molar-refractivity contribution in [2.45, 2.75) is 57.6 Å². The highest BCUT2D eigenvalue weighted by Crippen LogP contribution is 2.36. The van der Waals surface area contributed by atoms with Gasteiger partial charge in [-0.15, -0.1) is 0 Å². The molecule has 6 heteroatoms. The van der Waals surface area contributed by atoms with Gasteiger partial charge in [-0.25, -0.2) is 0 Å². The van der Waals surface area contributed by atoms with Crippen LogP contribution in [0.2, 0.25) is 0 Å². The molecule has 3 heterocycles. The van der Waals surface area contributed by atoms with Crippen LogP contribution in [0, 0.1) is 0 Å². The highest BCUT2D eigenvalue weighted by molar-refractivity contribution is 5.25. The SMILES string of the molecule is CC1OC2(C)OC3COCc4ccccc4COCC1O[C@@H]3O2. The first kappa shape index (κ1) is 15.5. The van der Waals surface area contributed by atoms with Crippen LogP contribution in [0.1, 0.15) is 25.0 Å². The van der Waals surface area contributed by atoms with Crippen molar-refractivity contribution in [1.29, 1.82) is 0 Å². The summed E-state index contributed by atoms with van der Waals surface area (Å²) in [5.74, 6) is -1.09. The third kappa shape index (κ3) is 3.15. The van der Waals surface area contributed by atoms with Gasteiger partial charge in [0.1, 0.15) is 12.2 Å². The van der Waals surface area contributed by atoms with Gasteiger partial charge in [-0.05, 0) is 18.1 Å². The normalized spacial score (nSPS) is 40.8. The lowest BCUT2D eigenvalue weighted by molar-refractivity contribution is -0.340. The summed E-state index contributed by atoms with van der Waals surface area (Å²) in [6.45, 7) is 5.57. The molecular weight excluding hydrogens is 300 g/mol. The second-order valence-electron chi connectivity index (χ2n) is 6.30. The fourth-order valence-corrected chi connectivity index (χ4v) is 3.21. The highest BCUT2D eigenvalue weighted by Gasteiger charge is 2.52. The zero-order chi connectivity index (χ0) is 15.9. The lowest BCUT2D eigenvalue weighted by Crippen LogP contribution is -2.44. The van der Waals surface area contributed by atoms with E-state index in [9.17, 15) is 0 Å². The molecule has 0 spiro atoms. The quantitative estimate of drug-likeness (QED) is 0.728. The second-order valence-corrected chi connectivity index (χ2v) is 6.30. The van der Waals surface area contributed by atoms with Crippen molar-refractivity contribution in [1.82, 2.24) is 0 Å². The Bertz CT molecular complexity index is 564. The van der Waals surface area contributed by atoms with E-state index in [1.54, 1.807) is 6.92 Å². The number of benzene rings is 1. The predicted molar refractivity (Wildman–Crippen MR) is 79.3 cm³/mol. The van der Waals surface area contributed by atoms with Gasteiger partial charge in [0.2, 0.25) is 0 Å². The Labute approximate surface area is 135 Å². The fourth-order valence-electron chi connectivity index (χ4n) is 3.21. The van der Waals surface area contributed by atoms with Gasteiger partial charge in [-0.2, -0.15) is 0 Å². The average Bonchev–Trinajstić information content (AvgIpc) is 2.74. The summed E-state index contributed by atoms with van der Waals surface area (Å²) in [5.41, 5.74) is 2.26. The molecule has 1 aromatic carbocycles. The molecular formula is C17H22O6. The van der Waals surface area contributed by atoms with Crippen LogP contribution in [0.25, 0.3) is 0 Å². The standard InChI is InChI=1S/C17H22O6/c1-11-14-9-18-7-12-5-3-4-6-13(12)8-19-10-15-16(20-14)23-17(2,21-11)22-15/h3-6,11,14-16H,7-10H2,1-2H3/t11?,14?,15?,16-,17?/m1/s1. The molecule has 2 saturated heterocycles. The third-order valence-corrected chi connectivity index (χ3v) is 4.43. The molecule has 4 rings (SSSR count). The molecule has 3 bridgehead atoms. The average molecular weight is 322 g/mol. The smallest absolute Gasteiger partial charge is 0.283 e. The van der Waals surface area contributed by atoms with Crippen LogP contribution in [0.5, 0.6) is 0 Å². The molecule has 5 atom stereocenters. The summed E-state index contributed by atoms with van der Waals surface area (Å²) >= 11 is 0. The van der Waals surface area contributed by atoms with Crippen molar-refractivity contribution < 1.29 is 28.4 Å². The maximum Gasteiger partial charge on any atom is 0.283 e. The van der Waals surface area contributed by atoms with Crippen molar-refractivity contribution in [2.75, 3.05) is 13.2 Å². The van der Waals surface area contributed by atoms with Gasteiger partial charge in [0, 0.05) is 6.92 Å². The molecule has 0 saturated carbocycles. The molecule has 23 heavy (non-hydrogen) atoms. The molecule has 0 N–H and O–H groups in total. The Morgan fingerprint density at radius 3 is 2.26 bits per heavy atom. The summed E-state index contributed by atoms with van der Waals surface area (Å²) in [4.78, 5) is 0. The Hall–Kier alpha value is -1.02. The Kier molecular flexibility index (Phi) is 4.13. The predicted octanol–water partition coefficient (Wildman–Crippen LogP) is 1.95. The minimum Gasteiger partial charge on any atom is -0.374 e. The summed E-state index contributed by atoms with van der Waals surface area (Å²) in [6, 6.07) is 8.13. The van der Waals surface area contributed by atoms with Crippen molar-refractivity contribution in [3.05, 3.63) is 35.4 Å². The summed E-state index contributed by atoms with van der Waals surface area (Å²) in [7, 11) is 0. The van der Waals surface area contributed by atoms with Crippen molar-refractivity contribution in [3.8, 4) is 0 Å². The van der Waals surface area contributed by atoms with E-state index in [1.165, 1.54) is 0 Å². The van der Waals surface area contributed by atoms with Crippen LogP contribution in [0.15, 0.2) is 24.3 Å². The number of hydrogen-bond donors (Lipinski definition) is 0. The zero-order valence-corrected chi connectivity index (χ0v) is 13.4. The lowest BCUT2D eigenvalue weighted by Gasteiger charge is -2.31. The van der Waals surface area contributed by atoms with E-state index in [-0.39, 0.29) is 18.3 Å². The summed E-state index contributed by atoms with van der Waals surface area (Å²) in [5, 5.41) is 0. The van der Waals surface area contributed by atoms with Crippen molar-refractivity contribution >= 4 is 0 Å². The van der Waals surface area contributed by atoms with E-state index < -0.39 is 12.3 Å². The minimum atomic E-state index is -1.09. The molecule has 3 aliphatic rings. The molecule has 2 fully saturated rings. The third-order valence-electron chi connectivity index (χ3n) is 4.43. The Morgan fingerprint density at radius 1 is 0.913 bits per heavy atom. The fraction of sp³-hybridized carbons (Fsp3) is 0.647. The topological polar surface area (TPSA) is 55.4 Å². The molecule has 0 amide bonds. The first-order valence-corrected chi connectivity index (χ1v) is 8.04. The van der Waals surface area contributed by atoms with E-state index in [0.717, 1.165) is 11.1 Å². The van der Waals surface area contributed by atoms with Gasteiger partial charge < -0.3 is 23.7 Å². The molecule has 3 aliphatic heterocycles. The van der Waals surface area contributed by atoms with Crippen LogP contribution in [0.4, 0.5) is 0 Å². The van der Waals surface area contributed by atoms with E-state index in [1.807, 2.05) is 19.1 Å². The minimum absolute atomic E-state index is 0.190. The number of hydrogen-bond acceptors (Lipinski definition) is 6. The zero-order valence-electron chi connectivity index (χ0n) is 13.4. The van der Waals surface area contributed by atoms with E-state index in [2.05, 4.69) is 12.1 Å². The Morgan fingerprint density at radius 2 is 1.57 bits per heavy atom. The maximum absolute atomic E-state index is 6.03. The van der Waals surface area contributed by atoms with Gasteiger partial charge in [0.25, 0.3) is 5.97 Å². The van der Waals surface area contributed by atoms with E-state index in [4.69, 9.17) is 28.4 Å². The second kappa shape index (κ2) is 6.12.